The third-order valence-corrected chi connectivity index (χ3v) is 4.34. The number of thiazole rings is 1. The summed E-state index contributed by atoms with van der Waals surface area (Å²) in [6.07, 6.45) is 4.29. The van der Waals surface area contributed by atoms with Crippen molar-refractivity contribution in [3.63, 3.8) is 0 Å². The van der Waals surface area contributed by atoms with E-state index in [2.05, 4.69) is 22.0 Å². The van der Waals surface area contributed by atoms with Gasteiger partial charge >= 0.3 is 0 Å². The Morgan fingerprint density at radius 3 is 2.70 bits per heavy atom. The number of nitrogens with zero attached hydrogens (tertiary/aromatic N) is 2. The van der Waals surface area contributed by atoms with Crippen molar-refractivity contribution in [1.29, 1.82) is 0 Å². The Morgan fingerprint density at radius 1 is 1.26 bits per heavy atom. The summed E-state index contributed by atoms with van der Waals surface area (Å²) in [5.74, 6) is 1.14. The number of aromatic nitrogens is 1. The van der Waals surface area contributed by atoms with Gasteiger partial charge in [0.05, 0.1) is 11.6 Å². The van der Waals surface area contributed by atoms with Crippen LogP contribution in [0.5, 0.6) is 5.75 Å². The number of rotatable bonds is 10. The molecule has 0 fully saturated rings. The van der Waals surface area contributed by atoms with Gasteiger partial charge in [-0.1, -0.05) is 12.1 Å². The standard InChI is InChI=1S/C18H24N2O2S/c1-15(21)8-11-20(2)10-3-12-22-17-6-4-16(5-7-17)14-18-19-9-13-23-18/h4-7,9,13H,3,8,10-12,14H2,1-2H3. The zero-order valence-corrected chi connectivity index (χ0v) is 14.6. The van der Waals surface area contributed by atoms with Gasteiger partial charge in [-0.05, 0) is 38.1 Å². The number of Topliss-reactive ketones (excluding diaryl/α,β-unsaturated/α-hetero) is 1. The smallest absolute Gasteiger partial charge is 0.131 e. The van der Waals surface area contributed by atoms with E-state index in [4.69, 9.17) is 4.74 Å². The maximum atomic E-state index is 10.9. The number of hydrogen-bond donors (Lipinski definition) is 0. The second-order valence-electron chi connectivity index (χ2n) is 5.70. The van der Waals surface area contributed by atoms with Crippen LogP contribution in [0.3, 0.4) is 0 Å². The van der Waals surface area contributed by atoms with Crippen molar-refractivity contribution in [1.82, 2.24) is 9.88 Å². The molecule has 2 aromatic rings. The van der Waals surface area contributed by atoms with Crippen LogP contribution in [-0.4, -0.2) is 42.4 Å². The van der Waals surface area contributed by atoms with Crippen LogP contribution in [-0.2, 0) is 11.2 Å². The first-order valence-electron chi connectivity index (χ1n) is 7.91. The molecule has 0 N–H and O–H groups in total. The van der Waals surface area contributed by atoms with Gasteiger partial charge < -0.3 is 9.64 Å². The number of carbonyl (C=O) groups is 1. The van der Waals surface area contributed by atoms with Gasteiger partial charge in [0.25, 0.3) is 0 Å². The molecule has 23 heavy (non-hydrogen) atoms. The van der Waals surface area contributed by atoms with Gasteiger partial charge in [-0.25, -0.2) is 4.98 Å². The van der Waals surface area contributed by atoms with E-state index >= 15 is 0 Å². The largest absolute Gasteiger partial charge is 0.494 e. The molecule has 4 nitrogen and oxygen atoms in total. The molecule has 0 unspecified atom stereocenters. The SMILES string of the molecule is CC(=O)CCN(C)CCCOc1ccc(Cc2nccs2)cc1. The molecule has 1 aromatic carbocycles. The minimum atomic E-state index is 0.242. The molecule has 0 aliphatic carbocycles. The van der Waals surface area contributed by atoms with Gasteiger partial charge in [0.2, 0.25) is 0 Å². The Morgan fingerprint density at radius 2 is 2.04 bits per heavy atom. The van der Waals surface area contributed by atoms with Crippen LogP contribution in [0, 0.1) is 0 Å². The number of hydrogen-bond acceptors (Lipinski definition) is 5. The molecule has 5 heteroatoms. The Kier molecular flexibility index (Phi) is 7.23. The van der Waals surface area contributed by atoms with Crippen molar-refractivity contribution in [2.45, 2.75) is 26.2 Å². The second kappa shape index (κ2) is 9.43. The first kappa shape index (κ1) is 17.6. The zero-order chi connectivity index (χ0) is 16.5. The molecule has 1 heterocycles. The van der Waals surface area contributed by atoms with Crippen molar-refractivity contribution in [3.8, 4) is 5.75 Å². The minimum absolute atomic E-state index is 0.242. The summed E-state index contributed by atoms with van der Waals surface area (Å²) in [5, 5.41) is 3.13. The van der Waals surface area contributed by atoms with Crippen LogP contribution >= 0.6 is 11.3 Å². The highest BCUT2D eigenvalue weighted by Crippen LogP contribution is 2.16. The van der Waals surface area contributed by atoms with Crippen LogP contribution in [0.15, 0.2) is 35.8 Å². The maximum absolute atomic E-state index is 10.9. The third-order valence-electron chi connectivity index (χ3n) is 3.56. The molecule has 0 amide bonds. The summed E-state index contributed by atoms with van der Waals surface area (Å²) in [6, 6.07) is 8.22. The lowest BCUT2D eigenvalue weighted by molar-refractivity contribution is -0.117. The molecule has 0 aliphatic heterocycles. The normalized spacial score (nSPS) is 10.9. The quantitative estimate of drug-likeness (QED) is 0.625. The van der Waals surface area contributed by atoms with Gasteiger partial charge in [-0.15, -0.1) is 11.3 Å². The van der Waals surface area contributed by atoms with Crippen molar-refractivity contribution in [2.75, 3.05) is 26.7 Å². The maximum Gasteiger partial charge on any atom is 0.131 e. The fourth-order valence-electron chi connectivity index (χ4n) is 2.20. The van der Waals surface area contributed by atoms with Gasteiger partial charge in [0, 0.05) is 37.5 Å². The summed E-state index contributed by atoms with van der Waals surface area (Å²) in [6.45, 7) is 4.08. The Balaban J connectivity index is 1.65. The minimum Gasteiger partial charge on any atom is -0.494 e. The molecular formula is C18H24N2O2S. The van der Waals surface area contributed by atoms with E-state index < -0.39 is 0 Å². The average Bonchev–Trinajstić information content (AvgIpc) is 3.04. The molecule has 0 saturated heterocycles. The molecule has 1 aromatic heterocycles. The fourth-order valence-corrected chi connectivity index (χ4v) is 2.85. The van der Waals surface area contributed by atoms with Gasteiger partial charge in [0.15, 0.2) is 0 Å². The average molecular weight is 332 g/mol. The van der Waals surface area contributed by atoms with E-state index in [1.807, 2.05) is 30.8 Å². The molecule has 0 saturated carbocycles. The summed E-state index contributed by atoms with van der Waals surface area (Å²) in [7, 11) is 2.04. The van der Waals surface area contributed by atoms with Gasteiger partial charge in [-0.2, -0.15) is 0 Å². The topological polar surface area (TPSA) is 42.4 Å². The second-order valence-corrected chi connectivity index (χ2v) is 6.68. The molecule has 2 rings (SSSR count). The van der Waals surface area contributed by atoms with Crippen molar-refractivity contribution in [2.24, 2.45) is 0 Å². The van der Waals surface area contributed by atoms with Crippen LogP contribution < -0.4 is 4.74 Å². The molecule has 0 aliphatic rings. The highest BCUT2D eigenvalue weighted by Gasteiger charge is 2.02. The molecule has 0 atom stereocenters. The van der Waals surface area contributed by atoms with Gasteiger partial charge in [-0.3, -0.25) is 4.79 Å². The van der Waals surface area contributed by atoms with Crippen LogP contribution in [0.1, 0.15) is 30.3 Å². The number of benzene rings is 1. The predicted octanol–water partition coefficient (Wildman–Crippen LogP) is 3.41. The van der Waals surface area contributed by atoms with Crippen molar-refractivity contribution >= 4 is 17.1 Å². The molecule has 0 spiro atoms. The number of ether oxygens (including phenoxy) is 1. The molecule has 0 bridgehead atoms. The molecule has 124 valence electrons. The summed E-state index contributed by atoms with van der Waals surface area (Å²) in [5.41, 5.74) is 1.25. The zero-order valence-electron chi connectivity index (χ0n) is 13.8. The van der Waals surface area contributed by atoms with Crippen molar-refractivity contribution in [3.05, 3.63) is 46.4 Å². The lowest BCUT2D eigenvalue weighted by atomic mass is 10.1. The van der Waals surface area contributed by atoms with Gasteiger partial charge in [0.1, 0.15) is 11.5 Å². The van der Waals surface area contributed by atoms with E-state index in [1.165, 1.54) is 5.56 Å². The molecule has 0 radical (unpaired) electrons. The lowest BCUT2D eigenvalue weighted by Gasteiger charge is -2.15. The Hall–Kier alpha value is -1.72. The lowest BCUT2D eigenvalue weighted by Crippen LogP contribution is -2.23. The number of ketones is 1. The fraction of sp³-hybridized carbons (Fsp3) is 0.444. The van der Waals surface area contributed by atoms with E-state index in [-0.39, 0.29) is 5.78 Å². The van der Waals surface area contributed by atoms with E-state index in [0.717, 1.165) is 36.7 Å². The summed E-state index contributed by atoms with van der Waals surface area (Å²) >= 11 is 1.68. The van der Waals surface area contributed by atoms with Crippen LogP contribution in [0.4, 0.5) is 0 Å². The Bertz CT molecular complexity index is 582. The van der Waals surface area contributed by atoms with E-state index in [9.17, 15) is 4.79 Å². The van der Waals surface area contributed by atoms with Crippen molar-refractivity contribution < 1.29 is 9.53 Å². The first-order valence-corrected chi connectivity index (χ1v) is 8.79. The van der Waals surface area contributed by atoms with E-state index in [1.54, 1.807) is 18.3 Å². The van der Waals surface area contributed by atoms with Crippen LogP contribution in [0.2, 0.25) is 0 Å². The number of carbonyl (C=O) groups excluding carboxylic acids is 1. The third kappa shape index (κ3) is 6.93. The predicted molar refractivity (Wildman–Crippen MR) is 94.3 cm³/mol. The molecular weight excluding hydrogens is 308 g/mol. The summed E-state index contributed by atoms with van der Waals surface area (Å²) in [4.78, 5) is 17.4. The Labute approximate surface area is 142 Å². The monoisotopic (exact) mass is 332 g/mol. The highest BCUT2D eigenvalue weighted by molar-refractivity contribution is 7.09. The van der Waals surface area contributed by atoms with Crippen LogP contribution in [0.25, 0.3) is 0 Å². The highest BCUT2D eigenvalue weighted by atomic mass is 32.1. The first-order chi connectivity index (χ1) is 11.1. The van der Waals surface area contributed by atoms with E-state index in [0.29, 0.717) is 13.0 Å². The summed E-state index contributed by atoms with van der Waals surface area (Å²) < 4.78 is 5.77.